The number of anilines is 1. The van der Waals surface area contributed by atoms with Crippen molar-refractivity contribution in [3.63, 3.8) is 0 Å². The Morgan fingerprint density at radius 1 is 1.24 bits per heavy atom. The predicted octanol–water partition coefficient (Wildman–Crippen LogP) is 1.99. The van der Waals surface area contributed by atoms with E-state index in [1.807, 2.05) is 0 Å². The number of benzene rings is 1. The van der Waals surface area contributed by atoms with Crippen molar-refractivity contribution in [2.75, 3.05) is 44.7 Å². The molecule has 0 atom stereocenters. The van der Waals surface area contributed by atoms with Crippen LogP contribution in [0.1, 0.15) is 12.5 Å². The van der Waals surface area contributed by atoms with E-state index in [-0.39, 0.29) is 0 Å². The number of morpholine rings is 1. The third-order valence-corrected chi connectivity index (χ3v) is 3.25. The summed E-state index contributed by atoms with van der Waals surface area (Å²) >= 11 is 0. The molecule has 1 saturated heterocycles. The summed E-state index contributed by atoms with van der Waals surface area (Å²) in [4.78, 5) is 2.45. The SMILES string of the molecule is CCc1ccccc1NCCN1CCOCC1. The third kappa shape index (κ3) is 3.72. The molecule has 2 rings (SSSR count). The van der Waals surface area contributed by atoms with Gasteiger partial charge in [-0.3, -0.25) is 4.90 Å². The first kappa shape index (κ1) is 12.4. The van der Waals surface area contributed by atoms with Gasteiger partial charge in [-0.1, -0.05) is 25.1 Å². The molecule has 1 aromatic rings. The minimum absolute atomic E-state index is 0.881. The lowest BCUT2D eigenvalue weighted by Crippen LogP contribution is -2.39. The van der Waals surface area contributed by atoms with Gasteiger partial charge in [0.1, 0.15) is 0 Å². The van der Waals surface area contributed by atoms with Gasteiger partial charge < -0.3 is 10.1 Å². The number of nitrogens with one attached hydrogen (secondary N) is 1. The molecule has 0 saturated carbocycles. The monoisotopic (exact) mass is 234 g/mol. The van der Waals surface area contributed by atoms with Crippen molar-refractivity contribution in [2.24, 2.45) is 0 Å². The normalized spacial score (nSPS) is 17.0. The van der Waals surface area contributed by atoms with E-state index in [4.69, 9.17) is 4.74 Å². The first-order chi connectivity index (χ1) is 8.40. The van der Waals surface area contributed by atoms with Crippen LogP contribution >= 0.6 is 0 Å². The van der Waals surface area contributed by atoms with Gasteiger partial charge in [0.25, 0.3) is 0 Å². The largest absolute Gasteiger partial charge is 0.384 e. The zero-order chi connectivity index (χ0) is 11.9. The van der Waals surface area contributed by atoms with E-state index in [9.17, 15) is 0 Å². The summed E-state index contributed by atoms with van der Waals surface area (Å²) in [7, 11) is 0. The second-order valence-corrected chi connectivity index (χ2v) is 4.39. The number of rotatable bonds is 5. The van der Waals surface area contributed by atoms with Crippen LogP contribution in [0.2, 0.25) is 0 Å². The van der Waals surface area contributed by atoms with Crippen molar-refractivity contribution in [3.05, 3.63) is 29.8 Å². The lowest BCUT2D eigenvalue weighted by Gasteiger charge is -2.26. The quantitative estimate of drug-likeness (QED) is 0.843. The highest BCUT2D eigenvalue weighted by Gasteiger charge is 2.09. The third-order valence-electron chi connectivity index (χ3n) is 3.25. The molecule has 1 aliphatic heterocycles. The maximum atomic E-state index is 5.34. The molecular weight excluding hydrogens is 212 g/mol. The molecule has 3 heteroatoms. The van der Waals surface area contributed by atoms with E-state index in [2.05, 4.69) is 41.4 Å². The van der Waals surface area contributed by atoms with Crippen molar-refractivity contribution in [2.45, 2.75) is 13.3 Å². The van der Waals surface area contributed by atoms with Gasteiger partial charge in [-0.2, -0.15) is 0 Å². The Labute approximate surface area is 104 Å². The fourth-order valence-corrected chi connectivity index (χ4v) is 2.17. The number of para-hydroxylation sites is 1. The minimum Gasteiger partial charge on any atom is -0.384 e. The Kier molecular flexibility index (Phi) is 4.83. The van der Waals surface area contributed by atoms with E-state index in [1.165, 1.54) is 11.3 Å². The summed E-state index contributed by atoms with van der Waals surface area (Å²) in [6.07, 6.45) is 1.08. The van der Waals surface area contributed by atoms with Crippen molar-refractivity contribution in [1.29, 1.82) is 0 Å². The smallest absolute Gasteiger partial charge is 0.0594 e. The molecule has 1 fully saturated rings. The van der Waals surface area contributed by atoms with Crippen LogP contribution in [0.4, 0.5) is 5.69 Å². The van der Waals surface area contributed by atoms with Crippen LogP contribution in [-0.4, -0.2) is 44.3 Å². The molecule has 0 amide bonds. The second-order valence-electron chi connectivity index (χ2n) is 4.39. The highest BCUT2D eigenvalue weighted by atomic mass is 16.5. The predicted molar refractivity (Wildman–Crippen MR) is 71.6 cm³/mol. The van der Waals surface area contributed by atoms with E-state index in [0.29, 0.717) is 0 Å². The molecule has 1 aromatic carbocycles. The zero-order valence-electron chi connectivity index (χ0n) is 10.6. The molecule has 94 valence electrons. The standard InChI is InChI=1S/C14H22N2O/c1-2-13-5-3-4-6-14(13)15-7-8-16-9-11-17-12-10-16/h3-6,15H,2,7-12H2,1H3. The highest BCUT2D eigenvalue weighted by Crippen LogP contribution is 2.14. The van der Waals surface area contributed by atoms with Crippen LogP contribution in [0.5, 0.6) is 0 Å². The number of hydrogen-bond donors (Lipinski definition) is 1. The second kappa shape index (κ2) is 6.62. The summed E-state index contributed by atoms with van der Waals surface area (Å²) in [5, 5.41) is 3.53. The van der Waals surface area contributed by atoms with Crippen LogP contribution < -0.4 is 5.32 Å². The molecule has 0 bridgehead atoms. The molecule has 0 aliphatic carbocycles. The van der Waals surface area contributed by atoms with E-state index >= 15 is 0 Å². The Morgan fingerprint density at radius 2 is 2.00 bits per heavy atom. The van der Waals surface area contributed by atoms with Gasteiger partial charge in [-0.25, -0.2) is 0 Å². The van der Waals surface area contributed by atoms with Crippen LogP contribution in [0.3, 0.4) is 0 Å². The van der Waals surface area contributed by atoms with Crippen molar-refractivity contribution in [3.8, 4) is 0 Å². The molecular formula is C14H22N2O. The van der Waals surface area contributed by atoms with Crippen LogP contribution in [0.25, 0.3) is 0 Å². The molecule has 0 spiro atoms. The Hall–Kier alpha value is -1.06. The van der Waals surface area contributed by atoms with Gasteiger partial charge in [0, 0.05) is 31.9 Å². The summed E-state index contributed by atoms with van der Waals surface area (Å²) in [5.74, 6) is 0. The van der Waals surface area contributed by atoms with Gasteiger partial charge in [-0.05, 0) is 18.1 Å². The van der Waals surface area contributed by atoms with Gasteiger partial charge >= 0.3 is 0 Å². The molecule has 1 heterocycles. The maximum absolute atomic E-state index is 5.34. The van der Waals surface area contributed by atoms with Gasteiger partial charge in [0.2, 0.25) is 0 Å². The Morgan fingerprint density at radius 3 is 2.76 bits per heavy atom. The first-order valence-electron chi connectivity index (χ1n) is 6.52. The summed E-state index contributed by atoms with van der Waals surface area (Å²) in [5.41, 5.74) is 2.68. The summed E-state index contributed by atoms with van der Waals surface area (Å²) in [6.45, 7) is 8.20. The van der Waals surface area contributed by atoms with Gasteiger partial charge in [0.05, 0.1) is 13.2 Å². The van der Waals surface area contributed by atoms with Crippen molar-refractivity contribution >= 4 is 5.69 Å². The summed E-state index contributed by atoms with van der Waals surface area (Å²) < 4.78 is 5.34. The van der Waals surface area contributed by atoms with Crippen LogP contribution in [-0.2, 0) is 11.2 Å². The molecule has 1 aliphatic rings. The number of nitrogens with zero attached hydrogens (tertiary/aromatic N) is 1. The molecule has 0 radical (unpaired) electrons. The van der Waals surface area contributed by atoms with E-state index in [1.54, 1.807) is 0 Å². The fourth-order valence-electron chi connectivity index (χ4n) is 2.17. The number of hydrogen-bond acceptors (Lipinski definition) is 3. The topological polar surface area (TPSA) is 24.5 Å². The zero-order valence-corrected chi connectivity index (χ0v) is 10.6. The molecule has 1 N–H and O–H groups in total. The Bertz CT molecular complexity index is 335. The lowest BCUT2D eigenvalue weighted by atomic mass is 10.1. The molecule has 3 nitrogen and oxygen atoms in total. The molecule has 0 unspecified atom stereocenters. The van der Waals surface area contributed by atoms with Gasteiger partial charge in [-0.15, -0.1) is 0 Å². The average Bonchev–Trinajstić information content (AvgIpc) is 2.40. The van der Waals surface area contributed by atoms with Crippen LogP contribution in [0.15, 0.2) is 24.3 Å². The lowest BCUT2D eigenvalue weighted by molar-refractivity contribution is 0.0398. The average molecular weight is 234 g/mol. The Balaban J connectivity index is 1.77. The van der Waals surface area contributed by atoms with Crippen LogP contribution in [0, 0.1) is 0 Å². The molecule has 0 aromatic heterocycles. The van der Waals surface area contributed by atoms with Crippen molar-refractivity contribution < 1.29 is 4.74 Å². The van der Waals surface area contributed by atoms with Crippen molar-refractivity contribution in [1.82, 2.24) is 4.90 Å². The fraction of sp³-hybridized carbons (Fsp3) is 0.571. The highest BCUT2D eigenvalue weighted by molar-refractivity contribution is 5.50. The van der Waals surface area contributed by atoms with Gasteiger partial charge in [0.15, 0.2) is 0 Å². The first-order valence-corrected chi connectivity index (χ1v) is 6.52. The van der Waals surface area contributed by atoms with E-state index in [0.717, 1.165) is 45.8 Å². The maximum Gasteiger partial charge on any atom is 0.0594 e. The molecule has 17 heavy (non-hydrogen) atoms. The minimum atomic E-state index is 0.881. The number of ether oxygens (including phenoxy) is 1. The van der Waals surface area contributed by atoms with E-state index < -0.39 is 0 Å². The summed E-state index contributed by atoms with van der Waals surface area (Å²) in [6, 6.07) is 8.55. The number of aryl methyl sites for hydroxylation is 1.